The minimum atomic E-state index is -0.204. The fraction of sp³-hybridized carbons (Fsp3) is 0.538. The standard InChI is InChI=1S/C13H20FNO/c1-10(4-3-9-16)15-11(2)12-5-7-13(14)8-6-12/h5-8,10-11,15-16H,3-4,9H2,1-2H3. The zero-order chi connectivity index (χ0) is 12.0. The van der Waals surface area contributed by atoms with Crippen molar-refractivity contribution in [3.05, 3.63) is 35.6 Å². The lowest BCUT2D eigenvalue weighted by atomic mass is 10.1. The maximum absolute atomic E-state index is 12.7. The fourth-order valence-corrected chi connectivity index (χ4v) is 1.76. The molecule has 0 spiro atoms. The molecule has 1 aromatic rings. The third-order valence-corrected chi connectivity index (χ3v) is 2.70. The highest BCUT2D eigenvalue weighted by molar-refractivity contribution is 5.19. The summed E-state index contributed by atoms with van der Waals surface area (Å²) in [5.74, 6) is -0.204. The van der Waals surface area contributed by atoms with Crippen molar-refractivity contribution >= 4 is 0 Å². The second-order valence-electron chi connectivity index (χ2n) is 4.21. The number of hydrogen-bond acceptors (Lipinski definition) is 2. The quantitative estimate of drug-likeness (QED) is 0.780. The SMILES string of the molecule is CC(CCCO)NC(C)c1ccc(F)cc1. The summed E-state index contributed by atoms with van der Waals surface area (Å²) < 4.78 is 12.7. The molecule has 0 fully saturated rings. The summed E-state index contributed by atoms with van der Waals surface area (Å²) in [7, 11) is 0. The molecule has 0 radical (unpaired) electrons. The maximum Gasteiger partial charge on any atom is 0.123 e. The first-order chi connectivity index (χ1) is 7.63. The van der Waals surface area contributed by atoms with Crippen LogP contribution >= 0.6 is 0 Å². The Kier molecular flexibility index (Phi) is 5.43. The molecule has 1 rings (SSSR count). The molecule has 2 unspecified atom stereocenters. The largest absolute Gasteiger partial charge is 0.396 e. The van der Waals surface area contributed by atoms with Gasteiger partial charge in [0, 0.05) is 18.7 Å². The Bertz CT molecular complexity index is 299. The summed E-state index contributed by atoms with van der Waals surface area (Å²) in [5.41, 5.74) is 1.08. The second-order valence-corrected chi connectivity index (χ2v) is 4.21. The smallest absolute Gasteiger partial charge is 0.123 e. The lowest BCUT2D eigenvalue weighted by molar-refractivity contribution is 0.274. The first-order valence-electron chi connectivity index (χ1n) is 5.76. The van der Waals surface area contributed by atoms with Crippen LogP contribution < -0.4 is 5.32 Å². The molecule has 0 saturated carbocycles. The molecule has 16 heavy (non-hydrogen) atoms. The molecule has 0 bridgehead atoms. The van der Waals surface area contributed by atoms with Crippen molar-refractivity contribution in [2.24, 2.45) is 0 Å². The Morgan fingerprint density at radius 3 is 2.44 bits per heavy atom. The Labute approximate surface area is 96.5 Å². The highest BCUT2D eigenvalue weighted by atomic mass is 19.1. The Morgan fingerprint density at radius 1 is 1.25 bits per heavy atom. The predicted octanol–water partition coefficient (Wildman–Crippen LogP) is 2.64. The van der Waals surface area contributed by atoms with Gasteiger partial charge in [-0.2, -0.15) is 0 Å². The molecule has 0 aromatic heterocycles. The molecule has 0 aliphatic heterocycles. The average Bonchev–Trinajstić information content (AvgIpc) is 2.27. The first kappa shape index (κ1) is 13.1. The molecule has 0 aliphatic rings. The van der Waals surface area contributed by atoms with Crippen LogP contribution in [0.4, 0.5) is 4.39 Å². The summed E-state index contributed by atoms with van der Waals surface area (Å²) in [4.78, 5) is 0. The summed E-state index contributed by atoms with van der Waals surface area (Å²) >= 11 is 0. The van der Waals surface area contributed by atoms with E-state index in [2.05, 4.69) is 19.2 Å². The molecular formula is C13H20FNO. The summed E-state index contributed by atoms with van der Waals surface area (Å²) in [5, 5.41) is 12.1. The number of rotatable bonds is 6. The van der Waals surface area contributed by atoms with E-state index >= 15 is 0 Å². The first-order valence-corrected chi connectivity index (χ1v) is 5.76. The van der Waals surface area contributed by atoms with Crippen molar-refractivity contribution < 1.29 is 9.50 Å². The van der Waals surface area contributed by atoms with Crippen molar-refractivity contribution in [3.8, 4) is 0 Å². The number of nitrogens with one attached hydrogen (secondary N) is 1. The molecule has 1 aromatic carbocycles. The van der Waals surface area contributed by atoms with Gasteiger partial charge in [0.2, 0.25) is 0 Å². The summed E-state index contributed by atoms with van der Waals surface area (Å²) in [6.07, 6.45) is 1.76. The van der Waals surface area contributed by atoms with E-state index in [1.54, 1.807) is 12.1 Å². The molecule has 2 N–H and O–H groups in total. The molecule has 0 aliphatic carbocycles. The van der Waals surface area contributed by atoms with Gasteiger partial charge >= 0.3 is 0 Å². The number of hydrogen-bond donors (Lipinski definition) is 2. The topological polar surface area (TPSA) is 32.3 Å². The van der Waals surface area contributed by atoms with Crippen LogP contribution in [0, 0.1) is 5.82 Å². The normalized spacial score (nSPS) is 14.8. The molecule has 2 atom stereocenters. The fourth-order valence-electron chi connectivity index (χ4n) is 1.76. The van der Waals surface area contributed by atoms with Crippen LogP contribution in [0.15, 0.2) is 24.3 Å². The molecular weight excluding hydrogens is 205 g/mol. The van der Waals surface area contributed by atoms with Crippen molar-refractivity contribution in [1.82, 2.24) is 5.32 Å². The van der Waals surface area contributed by atoms with E-state index in [0.717, 1.165) is 18.4 Å². The van der Waals surface area contributed by atoms with Crippen LogP contribution in [0.5, 0.6) is 0 Å². The van der Waals surface area contributed by atoms with Gasteiger partial charge in [0.25, 0.3) is 0 Å². The van der Waals surface area contributed by atoms with Crippen molar-refractivity contribution in [2.75, 3.05) is 6.61 Å². The van der Waals surface area contributed by atoms with E-state index in [0.29, 0.717) is 6.04 Å². The van der Waals surface area contributed by atoms with E-state index in [9.17, 15) is 4.39 Å². The number of halogens is 1. The van der Waals surface area contributed by atoms with Gasteiger partial charge in [-0.1, -0.05) is 12.1 Å². The summed E-state index contributed by atoms with van der Waals surface area (Å²) in [6.45, 7) is 4.38. The molecule has 3 heteroatoms. The number of aliphatic hydroxyl groups is 1. The van der Waals surface area contributed by atoms with E-state index in [4.69, 9.17) is 5.11 Å². The Hall–Kier alpha value is -0.930. The van der Waals surface area contributed by atoms with Gasteiger partial charge in [-0.05, 0) is 44.4 Å². The second kappa shape index (κ2) is 6.61. The lowest BCUT2D eigenvalue weighted by Crippen LogP contribution is -2.29. The van der Waals surface area contributed by atoms with Crippen LogP contribution in [0.2, 0.25) is 0 Å². The lowest BCUT2D eigenvalue weighted by Gasteiger charge is -2.20. The average molecular weight is 225 g/mol. The van der Waals surface area contributed by atoms with Crippen LogP contribution in [0.25, 0.3) is 0 Å². The van der Waals surface area contributed by atoms with Crippen LogP contribution in [0.3, 0.4) is 0 Å². The van der Waals surface area contributed by atoms with Crippen molar-refractivity contribution in [2.45, 2.75) is 38.8 Å². The highest BCUT2D eigenvalue weighted by Gasteiger charge is 2.08. The third-order valence-electron chi connectivity index (χ3n) is 2.70. The maximum atomic E-state index is 12.7. The molecule has 0 amide bonds. The van der Waals surface area contributed by atoms with Crippen molar-refractivity contribution in [3.63, 3.8) is 0 Å². The Morgan fingerprint density at radius 2 is 1.88 bits per heavy atom. The van der Waals surface area contributed by atoms with Gasteiger partial charge in [0.05, 0.1) is 0 Å². The zero-order valence-corrected chi connectivity index (χ0v) is 9.91. The van der Waals surface area contributed by atoms with E-state index in [1.807, 2.05) is 0 Å². The minimum absolute atomic E-state index is 0.203. The van der Waals surface area contributed by atoms with E-state index in [-0.39, 0.29) is 18.5 Å². The van der Waals surface area contributed by atoms with Gasteiger partial charge in [-0.25, -0.2) is 4.39 Å². The molecule has 2 nitrogen and oxygen atoms in total. The molecule has 0 heterocycles. The van der Waals surface area contributed by atoms with E-state index < -0.39 is 0 Å². The molecule has 0 saturated heterocycles. The van der Waals surface area contributed by atoms with Gasteiger partial charge in [-0.15, -0.1) is 0 Å². The van der Waals surface area contributed by atoms with Gasteiger partial charge < -0.3 is 10.4 Å². The van der Waals surface area contributed by atoms with Crippen LogP contribution in [-0.2, 0) is 0 Å². The number of benzene rings is 1. The highest BCUT2D eigenvalue weighted by Crippen LogP contribution is 2.14. The Balaban J connectivity index is 2.45. The zero-order valence-electron chi connectivity index (χ0n) is 9.91. The number of aliphatic hydroxyl groups excluding tert-OH is 1. The summed E-state index contributed by atoms with van der Waals surface area (Å²) in [6, 6.07) is 7.11. The minimum Gasteiger partial charge on any atom is -0.396 e. The van der Waals surface area contributed by atoms with Crippen molar-refractivity contribution in [1.29, 1.82) is 0 Å². The van der Waals surface area contributed by atoms with Crippen LogP contribution in [-0.4, -0.2) is 17.8 Å². The van der Waals surface area contributed by atoms with Crippen LogP contribution in [0.1, 0.15) is 38.3 Å². The monoisotopic (exact) mass is 225 g/mol. The van der Waals surface area contributed by atoms with Gasteiger partial charge in [0.15, 0.2) is 0 Å². The predicted molar refractivity (Wildman–Crippen MR) is 63.7 cm³/mol. The molecule has 90 valence electrons. The van der Waals surface area contributed by atoms with Gasteiger partial charge in [0.1, 0.15) is 5.82 Å². The van der Waals surface area contributed by atoms with E-state index in [1.165, 1.54) is 12.1 Å². The van der Waals surface area contributed by atoms with Gasteiger partial charge in [-0.3, -0.25) is 0 Å². The third kappa shape index (κ3) is 4.29.